The highest BCUT2D eigenvalue weighted by molar-refractivity contribution is 5.98. The molecule has 2 aliphatic heterocycles. The van der Waals surface area contributed by atoms with E-state index in [-0.39, 0.29) is 29.6 Å². The van der Waals surface area contributed by atoms with Crippen LogP contribution in [0.3, 0.4) is 0 Å². The molecule has 0 unspecified atom stereocenters. The minimum atomic E-state index is 0. The number of carbonyl (C=O) groups is 2. The van der Waals surface area contributed by atoms with Crippen LogP contribution in [0.25, 0.3) is 0 Å². The second kappa shape index (κ2) is 9.85. The molecular weight excluding hydrogens is 390 g/mol. The van der Waals surface area contributed by atoms with E-state index in [1.165, 1.54) is 17.7 Å². The monoisotopic (exact) mass is 420 g/mol. The summed E-state index contributed by atoms with van der Waals surface area (Å²) in [4.78, 5) is 39.9. The fourth-order valence-electron chi connectivity index (χ4n) is 4.99. The number of rotatable bonds is 6. The first-order chi connectivity index (χ1) is 13.7. The second-order valence-electron chi connectivity index (χ2n) is 8.58. The zero-order valence-electron chi connectivity index (χ0n) is 17.1. The average Bonchev–Trinajstić information content (AvgIpc) is 3.15. The summed E-state index contributed by atoms with van der Waals surface area (Å²) in [6, 6.07) is 1.84. The number of anilines is 1. The number of hydrogen-bond donors (Lipinski definition) is 0. The molecule has 3 aliphatic rings. The Hall–Kier alpha value is -1.73. The molecule has 29 heavy (non-hydrogen) atoms. The Morgan fingerprint density at radius 2 is 1.45 bits per heavy atom. The number of unbranched alkanes of at least 4 members (excludes halogenated alkanes) is 1. The normalized spacial score (nSPS) is 22.2. The molecule has 0 bridgehead atoms. The zero-order valence-corrected chi connectivity index (χ0v) is 17.8. The lowest BCUT2D eigenvalue weighted by atomic mass is 9.76. The van der Waals surface area contributed by atoms with Gasteiger partial charge in [0.1, 0.15) is 0 Å². The Balaban J connectivity index is 0.00000240. The summed E-state index contributed by atoms with van der Waals surface area (Å²) < 4.78 is 0. The van der Waals surface area contributed by atoms with Crippen molar-refractivity contribution in [3.8, 4) is 0 Å². The molecule has 2 saturated heterocycles. The molecule has 0 atom stereocenters. The molecular formula is C21H31ClN5O2-. The van der Waals surface area contributed by atoms with Crippen molar-refractivity contribution >= 4 is 17.8 Å². The lowest BCUT2D eigenvalue weighted by Gasteiger charge is -2.37. The van der Waals surface area contributed by atoms with Crippen molar-refractivity contribution in [1.82, 2.24) is 19.8 Å². The number of amides is 2. The Bertz CT molecular complexity index is 668. The molecule has 2 amide bonds. The number of imide groups is 1. The minimum absolute atomic E-state index is 0. The number of likely N-dealkylation sites (tertiary alicyclic amines) is 1. The molecule has 0 aromatic carbocycles. The van der Waals surface area contributed by atoms with Gasteiger partial charge in [0.25, 0.3) is 0 Å². The quantitative estimate of drug-likeness (QED) is 0.438. The number of aromatic nitrogens is 2. The molecule has 1 aromatic rings. The summed E-state index contributed by atoms with van der Waals surface area (Å²) in [7, 11) is 0. The van der Waals surface area contributed by atoms with Gasteiger partial charge < -0.3 is 17.3 Å². The third kappa shape index (κ3) is 5.25. The maximum atomic E-state index is 12.5. The van der Waals surface area contributed by atoms with Crippen LogP contribution >= 0.6 is 0 Å². The molecule has 1 aliphatic carbocycles. The van der Waals surface area contributed by atoms with Gasteiger partial charge in [-0.1, -0.05) is 12.8 Å². The summed E-state index contributed by atoms with van der Waals surface area (Å²) in [6.07, 6.45) is 11.1. The van der Waals surface area contributed by atoms with Crippen LogP contribution < -0.4 is 17.3 Å². The largest absolute Gasteiger partial charge is 1.00 e. The van der Waals surface area contributed by atoms with Crippen molar-refractivity contribution in [1.29, 1.82) is 0 Å². The Kier molecular flexibility index (Phi) is 7.46. The van der Waals surface area contributed by atoms with Gasteiger partial charge in [-0.3, -0.25) is 19.4 Å². The number of halogens is 1. The van der Waals surface area contributed by atoms with Crippen molar-refractivity contribution < 1.29 is 22.0 Å². The SMILES string of the molecule is O=C1CC2(CCCC2)CC(=O)N1CCCCN1CCN(c2ncccn2)CC1.[Cl-]. The van der Waals surface area contributed by atoms with Crippen molar-refractivity contribution in [2.45, 2.75) is 51.4 Å². The molecule has 0 radical (unpaired) electrons. The molecule has 1 aromatic heterocycles. The smallest absolute Gasteiger partial charge is 0.229 e. The van der Waals surface area contributed by atoms with Gasteiger partial charge in [0.2, 0.25) is 17.8 Å². The van der Waals surface area contributed by atoms with Gasteiger partial charge in [0.05, 0.1) is 0 Å². The van der Waals surface area contributed by atoms with Crippen LogP contribution in [0.5, 0.6) is 0 Å². The van der Waals surface area contributed by atoms with Gasteiger partial charge in [0.15, 0.2) is 0 Å². The second-order valence-corrected chi connectivity index (χ2v) is 8.58. The van der Waals surface area contributed by atoms with Crippen LogP contribution in [0.2, 0.25) is 0 Å². The maximum absolute atomic E-state index is 12.5. The van der Waals surface area contributed by atoms with Crippen LogP contribution in [0.15, 0.2) is 18.5 Å². The third-order valence-corrected chi connectivity index (χ3v) is 6.63. The van der Waals surface area contributed by atoms with Gasteiger partial charge in [-0.2, -0.15) is 0 Å². The lowest BCUT2D eigenvalue weighted by molar-refractivity contribution is -0.153. The van der Waals surface area contributed by atoms with E-state index in [0.717, 1.165) is 64.4 Å². The highest BCUT2D eigenvalue weighted by Crippen LogP contribution is 2.46. The highest BCUT2D eigenvalue weighted by Gasteiger charge is 2.44. The number of hydrogen-bond acceptors (Lipinski definition) is 6. The molecule has 4 rings (SSSR count). The Labute approximate surface area is 179 Å². The van der Waals surface area contributed by atoms with E-state index >= 15 is 0 Å². The van der Waals surface area contributed by atoms with E-state index in [1.807, 2.05) is 6.07 Å². The standard InChI is InChI=1S/C21H31N5O2.ClH/c27-18-16-21(6-1-2-7-21)17-19(28)26(18)11-4-3-10-24-12-14-25(15-13-24)20-22-8-5-9-23-20;/h5,8-9H,1-4,6-7,10-17H2;1H/p-1. The van der Waals surface area contributed by atoms with Crippen LogP contribution in [0, 0.1) is 5.41 Å². The van der Waals surface area contributed by atoms with Crippen LogP contribution in [-0.2, 0) is 9.59 Å². The summed E-state index contributed by atoms with van der Waals surface area (Å²) in [5.41, 5.74) is 0.00676. The van der Waals surface area contributed by atoms with E-state index in [9.17, 15) is 9.59 Å². The van der Waals surface area contributed by atoms with Crippen molar-refractivity contribution in [3.63, 3.8) is 0 Å². The fourth-order valence-corrected chi connectivity index (χ4v) is 4.99. The number of nitrogens with zero attached hydrogens (tertiary/aromatic N) is 5. The molecule has 7 nitrogen and oxygen atoms in total. The van der Waals surface area contributed by atoms with E-state index in [0.29, 0.717) is 19.4 Å². The number of carbonyl (C=O) groups excluding carboxylic acids is 2. The Morgan fingerprint density at radius 1 is 0.862 bits per heavy atom. The van der Waals surface area contributed by atoms with Gasteiger partial charge >= 0.3 is 0 Å². The summed E-state index contributed by atoms with van der Waals surface area (Å²) in [6.45, 7) is 5.49. The van der Waals surface area contributed by atoms with Gasteiger partial charge in [-0.05, 0) is 43.7 Å². The van der Waals surface area contributed by atoms with Gasteiger partial charge in [0, 0.05) is 58.0 Å². The molecule has 3 heterocycles. The molecule has 8 heteroatoms. The zero-order chi connectivity index (χ0) is 19.4. The van der Waals surface area contributed by atoms with Crippen LogP contribution in [0.4, 0.5) is 5.95 Å². The van der Waals surface area contributed by atoms with Crippen molar-refractivity contribution in [2.24, 2.45) is 5.41 Å². The van der Waals surface area contributed by atoms with Crippen molar-refractivity contribution in [3.05, 3.63) is 18.5 Å². The van der Waals surface area contributed by atoms with E-state index in [1.54, 1.807) is 12.4 Å². The van der Waals surface area contributed by atoms with Crippen molar-refractivity contribution in [2.75, 3.05) is 44.2 Å². The first-order valence-electron chi connectivity index (χ1n) is 10.7. The molecule has 160 valence electrons. The average molecular weight is 421 g/mol. The minimum Gasteiger partial charge on any atom is -1.00 e. The summed E-state index contributed by atoms with van der Waals surface area (Å²) >= 11 is 0. The number of piperazine rings is 1. The predicted molar refractivity (Wildman–Crippen MR) is 107 cm³/mol. The van der Waals surface area contributed by atoms with Crippen LogP contribution in [0.1, 0.15) is 51.4 Å². The van der Waals surface area contributed by atoms with E-state index < -0.39 is 0 Å². The van der Waals surface area contributed by atoms with Gasteiger partial charge in [-0.15, -0.1) is 0 Å². The van der Waals surface area contributed by atoms with Crippen LogP contribution in [-0.4, -0.2) is 70.9 Å². The summed E-state index contributed by atoms with van der Waals surface area (Å²) in [5.74, 6) is 0.938. The van der Waals surface area contributed by atoms with Gasteiger partial charge in [-0.25, -0.2) is 9.97 Å². The lowest BCUT2D eigenvalue weighted by Crippen LogP contribution is -3.00. The highest BCUT2D eigenvalue weighted by atomic mass is 35.5. The fraction of sp³-hybridized carbons (Fsp3) is 0.714. The molecule has 1 saturated carbocycles. The summed E-state index contributed by atoms with van der Waals surface area (Å²) in [5, 5.41) is 0. The van der Waals surface area contributed by atoms with E-state index in [4.69, 9.17) is 0 Å². The number of piperidine rings is 1. The Morgan fingerprint density at radius 3 is 2.07 bits per heavy atom. The maximum Gasteiger partial charge on any atom is 0.229 e. The predicted octanol–water partition coefficient (Wildman–Crippen LogP) is -0.908. The molecule has 3 fully saturated rings. The first-order valence-corrected chi connectivity index (χ1v) is 10.7. The molecule has 0 N–H and O–H groups in total. The molecule has 1 spiro atoms. The third-order valence-electron chi connectivity index (χ3n) is 6.63. The van der Waals surface area contributed by atoms with E-state index in [2.05, 4.69) is 19.8 Å². The first kappa shape index (κ1) is 22.0. The topological polar surface area (TPSA) is 69.6 Å².